The van der Waals surface area contributed by atoms with Crippen LogP contribution in [-0.2, 0) is 10.3 Å². The molecule has 0 aliphatic carbocycles. The molecule has 0 bridgehead atoms. The van der Waals surface area contributed by atoms with Crippen LogP contribution in [0.15, 0.2) is 30.3 Å². The quantitative estimate of drug-likeness (QED) is 0.649. The first kappa shape index (κ1) is 17.1. The van der Waals surface area contributed by atoms with E-state index in [0.717, 1.165) is 30.6 Å². The van der Waals surface area contributed by atoms with Crippen LogP contribution in [0.3, 0.4) is 0 Å². The Morgan fingerprint density at radius 1 is 1.25 bits per heavy atom. The number of aliphatic carboxylic acids is 1. The third-order valence-electron chi connectivity index (χ3n) is 3.27. The number of rotatable bonds is 10. The minimum atomic E-state index is -0.977. The Labute approximate surface area is 126 Å². The van der Waals surface area contributed by atoms with Crippen molar-refractivity contribution in [2.45, 2.75) is 38.6 Å². The third-order valence-corrected chi connectivity index (χ3v) is 4.48. The summed E-state index contributed by atoms with van der Waals surface area (Å²) in [6.45, 7) is 4.90. The van der Waals surface area contributed by atoms with Crippen LogP contribution < -0.4 is 5.32 Å². The molecule has 0 saturated heterocycles. The van der Waals surface area contributed by atoms with Crippen molar-refractivity contribution in [1.82, 2.24) is 5.32 Å². The molecule has 0 heterocycles. The van der Waals surface area contributed by atoms with E-state index in [1.54, 1.807) is 11.8 Å². The monoisotopic (exact) mass is 295 g/mol. The highest BCUT2D eigenvalue weighted by Gasteiger charge is 2.39. The van der Waals surface area contributed by atoms with E-state index in [2.05, 4.69) is 19.2 Å². The van der Waals surface area contributed by atoms with Crippen molar-refractivity contribution in [3.8, 4) is 0 Å². The molecule has 3 nitrogen and oxygen atoms in total. The summed E-state index contributed by atoms with van der Waals surface area (Å²) in [6, 6.07) is 9.52. The van der Waals surface area contributed by atoms with Gasteiger partial charge in [-0.25, -0.2) is 4.79 Å². The van der Waals surface area contributed by atoms with Crippen LogP contribution in [0.1, 0.15) is 38.7 Å². The maximum Gasteiger partial charge on any atom is 0.329 e. The SMILES string of the molecule is CCCCSCC(NCCC)(C(=O)O)c1ccccc1. The standard InChI is InChI=1S/C16H25NO2S/c1-3-5-12-20-13-16(15(18)19,17-11-4-2)14-9-7-6-8-10-14/h6-10,17H,3-5,11-13H2,1-2H3,(H,18,19). The number of hydrogen-bond acceptors (Lipinski definition) is 3. The molecule has 0 spiro atoms. The summed E-state index contributed by atoms with van der Waals surface area (Å²) in [5.41, 5.74) is -0.139. The van der Waals surface area contributed by atoms with E-state index in [4.69, 9.17) is 0 Å². The van der Waals surface area contributed by atoms with Crippen molar-refractivity contribution in [2.75, 3.05) is 18.1 Å². The summed E-state index contributed by atoms with van der Waals surface area (Å²) in [7, 11) is 0. The van der Waals surface area contributed by atoms with Crippen LogP contribution in [0.25, 0.3) is 0 Å². The normalized spacial score (nSPS) is 13.9. The lowest BCUT2D eigenvalue weighted by Crippen LogP contribution is -2.51. The Bertz CT molecular complexity index is 397. The van der Waals surface area contributed by atoms with Gasteiger partial charge in [0, 0.05) is 5.75 Å². The molecule has 1 atom stereocenters. The van der Waals surface area contributed by atoms with Crippen LogP contribution in [-0.4, -0.2) is 29.1 Å². The lowest BCUT2D eigenvalue weighted by atomic mass is 9.91. The van der Waals surface area contributed by atoms with Gasteiger partial charge in [0.15, 0.2) is 5.54 Å². The van der Waals surface area contributed by atoms with Gasteiger partial charge < -0.3 is 5.11 Å². The molecular formula is C16H25NO2S. The Hall–Kier alpha value is -1.00. The minimum Gasteiger partial charge on any atom is -0.480 e. The predicted molar refractivity (Wildman–Crippen MR) is 86.3 cm³/mol. The summed E-state index contributed by atoms with van der Waals surface area (Å²) in [4.78, 5) is 11.9. The summed E-state index contributed by atoms with van der Waals surface area (Å²) >= 11 is 1.72. The number of carboxylic acids is 1. The van der Waals surface area contributed by atoms with E-state index >= 15 is 0 Å². The lowest BCUT2D eigenvalue weighted by Gasteiger charge is -2.31. The molecule has 1 unspecified atom stereocenters. The summed E-state index contributed by atoms with van der Waals surface area (Å²) < 4.78 is 0. The maximum absolute atomic E-state index is 11.9. The number of benzene rings is 1. The number of carbonyl (C=O) groups is 1. The first-order chi connectivity index (χ1) is 9.67. The smallest absolute Gasteiger partial charge is 0.329 e. The molecule has 4 heteroatoms. The molecular weight excluding hydrogens is 270 g/mol. The van der Waals surface area contributed by atoms with Gasteiger partial charge in [0.2, 0.25) is 0 Å². The Kier molecular flexibility index (Phi) is 7.70. The van der Waals surface area contributed by atoms with Crippen molar-refractivity contribution in [2.24, 2.45) is 0 Å². The van der Waals surface area contributed by atoms with Gasteiger partial charge in [-0.2, -0.15) is 11.8 Å². The second-order valence-electron chi connectivity index (χ2n) is 4.91. The molecule has 20 heavy (non-hydrogen) atoms. The number of unbranched alkanes of at least 4 members (excludes halogenated alkanes) is 1. The van der Waals surface area contributed by atoms with Gasteiger partial charge in [0.25, 0.3) is 0 Å². The van der Waals surface area contributed by atoms with Gasteiger partial charge in [-0.05, 0) is 30.7 Å². The largest absolute Gasteiger partial charge is 0.480 e. The average Bonchev–Trinajstić information content (AvgIpc) is 2.47. The van der Waals surface area contributed by atoms with Gasteiger partial charge in [-0.15, -0.1) is 0 Å². The summed E-state index contributed by atoms with van der Waals surface area (Å²) in [5, 5.41) is 13.0. The average molecular weight is 295 g/mol. The number of thioether (sulfide) groups is 1. The van der Waals surface area contributed by atoms with Gasteiger partial charge in [0.05, 0.1) is 0 Å². The van der Waals surface area contributed by atoms with E-state index in [1.165, 1.54) is 0 Å². The van der Waals surface area contributed by atoms with Gasteiger partial charge in [0.1, 0.15) is 0 Å². The van der Waals surface area contributed by atoms with Crippen molar-refractivity contribution in [3.63, 3.8) is 0 Å². The predicted octanol–water partition coefficient (Wildman–Crippen LogP) is 3.50. The molecule has 0 fully saturated rings. The number of carboxylic acid groups (broad SMARTS) is 1. The van der Waals surface area contributed by atoms with Crippen molar-refractivity contribution in [3.05, 3.63) is 35.9 Å². The molecule has 0 amide bonds. The highest BCUT2D eigenvalue weighted by atomic mass is 32.2. The van der Waals surface area contributed by atoms with Crippen LogP contribution in [0.5, 0.6) is 0 Å². The first-order valence-corrected chi connectivity index (χ1v) is 8.44. The highest BCUT2D eigenvalue weighted by molar-refractivity contribution is 7.99. The number of nitrogens with one attached hydrogen (secondary N) is 1. The fourth-order valence-corrected chi connectivity index (χ4v) is 3.37. The van der Waals surface area contributed by atoms with E-state index in [9.17, 15) is 9.90 Å². The second kappa shape index (κ2) is 9.03. The van der Waals surface area contributed by atoms with Gasteiger partial charge >= 0.3 is 5.97 Å². The summed E-state index contributed by atoms with van der Waals surface area (Å²) in [5.74, 6) is 0.777. The van der Waals surface area contributed by atoms with Crippen LogP contribution >= 0.6 is 11.8 Å². The zero-order valence-corrected chi connectivity index (χ0v) is 13.2. The number of hydrogen-bond donors (Lipinski definition) is 2. The van der Waals surface area contributed by atoms with E-state index < -0.39 is 11.5 Å². The van der Waals surface area contributed by atoms with Gasteiger partial charge in [-0.1, -0.05) is 50.6 Å². The van der Waals surface area contributed by atoms with Crippen LogP contribution in [0.2, 0.25) is 0 Å². The second-order valence-corrected chi connectivity index (χ2v) is 6.01. The minimum absolute atomic E-state index is 0.562. The molecule has 2 N–H and O–H groups in total. The lowest BCUT2D eigenvalue weighted by molar-refractivity contribution is -0.144. The topological polar surface area (TPSA) is 49.3 Å². The fraction of sp³-hybridized carbons (Fsp3) is 0.562. The van der Waals surface area contributed by atoms with Gasteiger partial charge in [-0.3, -0.25) is 5.32 Å². The van der Waals surface area contributed by atoms with E-state index in [0.29, 0.717) is 12.3 Å². The zero-order chi connectivity index (χ0) is 14.8. The third kappa shape index (κ3) is 4.53. The fourth-order valence-electron chi connectivity index (χ4n) is 2.03. The van der Waals surface area contributed by atoms with Crippen molar-refractivity contribution in [1.29, 1.82) is 0 Å². The Balaban J connectivity index is 2.92. The molecule has 1 aromatic carbocycles. The molecule has 1 rings (SSSR count). The molecule has 0 aliphatic rings. The van der Waals surface area contributed by atoms with E-state index in [1.807, 2.05) is 30.3 Å². The Morgan fingerprint density at radius 2 is 1.95 bits per heavy atom. The van der Waals surface area contributed by atoms with Crippen LogP contribution in [0.4, 0.5) is 0 Å². The van der Waals surface area contributed by atoms with Crippen molar-refractivity contribution >= 4 is 17.7 Å². The van der Waals surface area contributed by atoms with E-state index in [-0.39, 0.29) is 0 Å². The zero-order valence-electron chi connectivity index (χ0n) is 12.4. The van der Waals surface area contributed by atoms with Crippen molar-refractivity contribution < 1.29 is 9.90 Å². The van der Waals surface area contributed by atoms with Crippen LogP contribution in [0, 0.1) is 0 Å². The molecule has 0 aromatic heterocycles. The molecule has 0 saturated carbocycles. The molecule has 0 aliphatic heterocycles. The molecule has 1 aromatic rings. The maximum atomic E-state index is 11.9. The molecule has 112 valence electrons. The molecule has 0 radical (unpaired) electrons. The first-order valence-electron chi connectivity index (χ1n) is 7.29. The summed E-state index contributed by atoms with van der Waals surface area (Å²) in [6.07, 6.45) is 3.19. The Morgan fingerprint density at radius 3 is 2.50 bits per heavy atom. The highest BCUT2D eigenvalue weighted by Crippen LogP contribution is 2.27.